The average Bonchev–Trinajstić information content (AvgIpc) is 3.14. The second-order valence-corrected chi connectivity index (χ2v) is 4.91. The van der Waals surface area contributed by atoms with E-state index in [-0.39, 0.29) is 22.7 Å². The first-order valence-corrected chi connectivity index (χ1v) is 6.90. The quantitative estimate of drug-likeness (QED) is 0.553. The lowest BCUT2D eigenvalue weighted by Gasteiger charge is -2.03. The van der Waals surface area contributed by atoms with Crippen LogP contribution in [0.1, 0.15) is 16.1 Å². The van der Waals surface area contributed by atoms with E-state index in [2.05, 4.69) is 20.4 Å². The molecule has 3 heterocycles. The van der Waals surface area contributed by atoms with E-state index in [0.717, 1.165) is 4.85 Å². The van der Waals surface area contributed by atoms with E-state index in [0.29, 0.717) is 11.0 Å². The molecule has 0 aliphatic heterocycles. The van der Waals surface area contributed by atoms with Crippen LogP contribution in [0.5, 0.6) is 0 Å². The van der Waals surface area contributed by atoms with Crippen molar-refractivity contribution in [1.82, 2.24) is 29.8 Å². The normalized spacial score (nSPS) is 11.2. The Morgan fingerprint density at radius 3 is 2.96 bits per heavy atom. The number of rotatable bonds is 3. The van der Waals surface area contributed by atoms with Crippen molar-refractivity contribution in [2.45, 2.75) is 6.67 Å². The predicted octanol–water partition coefficient (Wildman–Crippen LogP) is 0.795. The maximum atomic E-state index is 12.8. The van der Waals surface area contributed by atoms with Crippen LogP contribution in [0.3, 0.4) is 0 Å². The molecule has 120 valence electrons. The van der Waals surface area contributed by atoms with Gasteiger partial charge in [-0.2, -0.15) is 0 Å². The minimum Gasteiger partial charge on any atom is -0.381 e. The van der Waals surface area contributed by atoms with Gasteiger partial charge in [-0.05, 0) is 23.4 Å². The second-order valence-electron chi connectivity index (χ2n) is 4.91. The number of para-hydroxylation sites is 1. The van der Waals surface area contributed by atoms with Crippen LogP contribution in [-0.4, -0.2) is 35.7 Å². The van der Waals surface area contributed by atoms with Crippen molar-refractivity contribution < 1.29 is 14.0 Å². The van der Waals surface area contributed by atoms with Gasteiger partial charge in [0.1, 0.15) is 17.7 Å². The molecule has 0 atom stereocenters. The van der Waals surface area contributed by atoms with Crippen molar-refractivity contribution in [1.29, 1.82) is 0 Å². The van der Waals surface area contributed by atoms with Crippen LogP contribution < -0.4 is 10.6 Å². The standard InChI is InChI=1S/C14H10FN7O2/c15-7-8-5-6-21-13(17-8)11(12(16)19-21)14(23)24-22-10-4-2-1-3-9(10)18-20-22/h1-6H,7H2,(H2,16,19). The molecule has 0 bridgehead atoms. The molecule has 0 saturated heterocycles. The van der Waals surface area contributed by atoms with Crippen molar-refractivity contribution in [3.8, 4) is 0 Å². The number of benzene rings is 1. The lowest BCUT2D eigenvalue weighted by Crippen LogP contribution is -2.22. The van der Waals surface area contributed by atoms with Crippen molar-refractivity contribution in [3.05, 3.63) is 47.8 Å². The summed E-state index contributed by atoms with van der Waals surface area (Å²) in [6.45, 7) is -0.774. The van der Waals surface area contributed by atoms with Gasteiger partial charge in [0.25, 0.3) is 0 Å². The zero-order valence-electron chi connectivity index (χ0n) is 12.1. The summed E-state index contributed by atoms with van der Waals surface area (Å²) in [4.78, 5) is 22.7. The summed E-state index contributed by atoms with van der Waals surface area (Å²) in [5.74, 6) is -0.894. The molecule has 3 aromatic heterocycles. The molecule has 0 unspecified atom stereocenters. The molecule has 0 amide bonds. The fraction of sp³-hybridized carbons (Fsp3) is 0.0714. The Bertz CT molecular complexity index is 1070. The lowest BCUT2D eigenvalue weighted by molar-refractivity contribution is 0.0412. The van der Waals surface area contributed by atoms with Gasteiger partial charge in [0, 0.05) is 6.20 Å². The minimum atomic E-state index is -0.818. The van der Waals surface area contributed by atoms with E-state index in [9.17, 15) is 9.18 Å². The molecule has 0 aliphatic rings. The Labute approximate surface area is 133 Å². The monoisotopic (exact) mass is 327 g/mol. The Morgan fingerprint density at radius 1 is 1.29 bits per heavy atom. The molecular weight excluding hydrogens is 317 g/mol. The third kappa shape index (κ3) is 2.12. The topological polar surface area (TPSA) is 113 Å². The third-order valence-electron chi connectivity index (χ3n) is 3.40. The van der Waals surface area contributed by atoms with Gasteiger partial charge in [-0.1, -0.05) is 17.0 Å². The van der Waals surface area contributed by atoms with Gasteiger partial charge in [0.05, 0.1) is 5.69 Å². The van der Waals surface area contributed by atoms with Gasteiger partial charge < -0.3 is 10.6 Å². The number of nitrogens with two attached hydrogens (primary N) is 1. The maximum absolute atomic E-state index is 12.8. The molecule has 10 heteroatoms. The lowest BCUT2D eigenvalue weighted by atomic mass is 10.3. The van der Waals surface area contributed by atoms with E-state index >= 15 is 0 Å². The number of carbonyl (C=O) groups excluding carboxylic acids is 1. The van der Waals surface area contributed by atoms with Crippen LogP contribution in [0.4, 0.5) is 10.2 Å². The van der Waals surface area contributed by atoms with Crippen molar-refractivity contribution in [3.63, 3.8) is 0 Å². The highest BCUT2D eigenvalue weighted by molar-refractivity contribution is 6.01. The number of alkyl halides is 1. The van der Waals surface area contributed by atoms with Gasteiger partial charge in [-0.3, -0.25) is 0 Å². The Morgan fingerprint density at radius 2 is 2.12 bits per heavy atom. The summed E-state index contributed by atoms with van der Waals surface area (Å²) in [5.41, 5.74) is 7.05. The summed E-state index contributed by atoms with van der Waals surface area (Å²) < 4.78 is 14.1. The zero-order valence-corrected chi connectivity index (χ0v) is 12.1. The first-order chi connectivity index (χ1) is 11.7. The fourth-order valence-electron chi connectivity index (χ4n) is 2.29. The molecule has 0 saturated carbocycles. The fourth-order valence-corrected chi connectivity index (χ4v) is 2.29. The number of hydrogen-bond donors (Lipinski definition) is 1. The number of aromatic nitrogens is 6. The van der Waals surface area contributed by atoms with Gasteiger partial charge >= 0.3 is 5.97 Å². The van der Waals surface area contributed by atoms with Gasteiger partial charge in [0.15, 0.2) is 17.0 Å². The van der Waals surface area contributed by atoms with Gasteiger partial charge in [-0.25, -0.2) is 18.7 Å². The Balaban J connectivity index is 1.76. The molecule has 0 aliphatic carbocycles. The average molecular weight is 327 g/mol. The van der Waals surface area contributed by atoms with Crippen LogP contribution in [0, 0.1) is 0 Å². The summed E-state index contributed by atoms with van der Waals surface area (Å²) in [5, 5.41) is 11.6. The summed E-state index contributed by atoms with van der Waals surface area (Å²) in [6, 6.07) is 8.41. The first-order valence-electron chi connectivity index (χ1n) is 6.90. The highest BCUT2D eigenvalue weighted by atomic mass is 19.1. The van der Waals surface area contributed by atoms with Crippen LogP contribution in [0.25, 0.3) is 16.7 Å². The predicted molar refractivity (Wildman–Crippen MR) is 80.6 cm³/mol. The smallest absolute Gasteiger partial charge is 0.373 e. The number of fused-ring (bicyclic) bond motifs is 2. The van der Waals surface area contributed by atoms with E-state index in [1.807, 2.05) is 0 Å². The highest BCUT2D eigenvalue weighted by Gasteiger charge is 2.23. The molecule has 4 aromatic rings. The Hall–Kier alpha value is -3.56. The molecule has 1 aromatic carbocycles. The largest absolute Gasteiger partial charge is 0.381 e. The number of nitrogens with zero attached hydrogens (tertiary/aromatic N) is 6. The van der Waals surface area contributed by atoms with Crippen molar-refractivity contribution >= 4 is 28.5 Å². The maximum Gasteiger partial charge on any atom is 0.373 e. The van der Waals surface area contributed by atoms with Crippen LogP contribution in [-0.2, 0) is 6.67 Å². The van der Waals surface area contributed by atoms with E-state index in [1.54, 1.807) is 24.3 Å². The van der Waals surface area contributed by atoms with Crippen molar-refractivity contribution in [2.24, 2.45) is 0 Å². The van der Waals surface area contributed by atoms with Gasteiger partial charge in [0.2, 0.25) is 0 Å². The molecule has 0 radical (unpaired) electrons. The minimum absolute atomic E-state index is 0.0649. The molecule has 9 nitrogen and oxygen atoms in total. The number of carbonyl (C=O) groups is 1. The molecule has 0 spiro atoms. The van der Waals surface area contributed by atoms with E-state index < -0.39 is 12.6 Å². The molecule has 0 fully saturated rings. The van der Waals surface area contributed by atoms with Gasteiger partial charge in [-0.15, -0.1) is 10.2 Å². The van der Waals surface area contributed by atoms with E-state index in [4.69, 9.17) is 10.6 Å². The summed E-state index contributed by atoms with van der Waals surface area (Å²) in [7, 11) is 0. The third-order valence-corrected chi connectivity index (χ3v) is 3.40. The molecule has 24 heavy (non-hydrogen) atoms. The van der Waals surface area contributed by atoms with Crippen LogP contribution >= 0.6 is 0 Å². The first kappa shape index (κ1) is 14.1. The number of halogens is 1. The zero-order chi connectivity index (χ0) is 16.7. The summed E-state index contributed by atoms with van der Waals surface area (Å²) >= 11 is 0. The molecule has 2 N–H and O–H groups in total. The molecular formula is C14H10FN7O2. The number of nitrogen functional groups attached to an aromatic ring is 1. The summed E-state index contributed by atoms with van der Waals surface area (Å²) in [6.07, 6.45) is 1.47. The van der Waals surface area contributed by atoms with Crippen molar-refractivity contribution in [2.75, 3.05) is 5.73 Å². The highest BCUT2D eigenvalue weighted by Crippen LogP contribution is 2.18. The molecule has 4 rings (SSSR count). The SMILES string of the molecule is Nc1nn2ccc(CF)nc2c1C(=O)On1nnc2ccccc21. The Kier molecular flexibility index (Phi) is 3.08. The van der Waals surface area contributed by atoms with Crippen LogP contribution in [0.2, 0.25) is 0 Å². The second kappa shape index (κ2) is 5.26. The number of anilines is 1. The van der Waals surface area contributed by atoms with Crippen LogP contribution in [0.15, 0.2) is 36.5 Å². The van der Waals surface area contributed by atoms with E-state index in [1.165, 1.54) is 16.8 Å². The number of hydrogen-bond acceptors (Lipinski definition) is 7.